The molecule has 0 spiro atoms. The standard InChI is InChI=1S/C17H22F2N6O4/c1-9(2)21-17(27)29-10-5-13(28-8-10)11-6-15(24-23-11)22-16(26)12-3-4-20-25(12)7-14(18)19/h3-4,6,9-10,13-14H,5,7-8H2,1-2H3,(H,21,27)(H2,22,23,24,26)/t10-,13?/m1/s1. The molecule has 2 atom stereocenters. The van der Waals surface area contributed by atoms with Gasteiger partial charge in [0.25, 0.3) is 12.3 Å². The minimum Gasteiger partial charge on any atom is -0.444 e. The fraction of sp³-hybridized carbons (Fsp3) is 0.529. The van der Waals surface area contributed by atoms with Crippen LogP contribution in [0.5, 0.6) is 0 Å². The summed E-state index contributed by atoms with van der Waals surface area (Å²) in [6, 6.07) is 2.89. The van der Waals surface area contributed by atoms with E-state index in [1.165, 1.54) is 12.3 Å². The largest absolute Gasteiger partial charge is 0.444 e. The van der Waals surface area contributed by atoms with Crippen LogP contribution in [0, 0.1) is 0 Å². The zero-order valence-corrected chi connectivity index (χ0v) is 15.9. The summed E-state index contributed by atoms with van der Waals surface area (Å²) in [7, 11) is 0. The molecule has 0 radical (unpaired) electrons. The molecule has 1 unspecified atom stereocenters. The van der Waals surface area contributed by atoms with Crippen LogP contribution in [0.4, 0.5) is 19.4 Å². The molecule has 1 fully saturated rings. The first-order valence-electron chi connectivity index (χ1n) is 9.07. The second-order valence-corrected chi connectivity index (χ2v) is 6.84. The maximum absolute atomic E-state index is 12.6. The summed E-state index contributed by atoms with van der Waals surface area (Å²) in [6.45, 7) is 3.22. The minimum absolute atomic E-state index is 0.00315. The number of nitrogens with one attached hydrogen (secondary N) is 3. The number of anilines is 1. The molecule has 0 saturated carbocycles. The van der Waals surface area contributed by atoms with Gasteiger partial charge in [0.2, 0.25) is 0 Å². The third-order valence-corrected chi connectivity index (χ3v) is 4.09. The van der Waals surface area contributed by atoms with Gasteiger partial charge >= 0.3 is 6.09 Å². The number of aromatic nitrogens is 4. The molecule has 3 N–H and O–H groups in total. The van der Waals surface area contributed by atoms with Crippen LogP contribution in [0.2, 0.25) is 0 Å². The van der Waals surface area contributed by atoms with Gasteiger partial charge in [0.1, 0.15) is 24.4 Å². The SMILES string of the molecule is CC(C)NC(=O)O[C@H]1COC(c2cc(NC(=O)c3ccnn3CC(F)F)n[nH]2)C1. The molecule has 1 aliphatic rings. The molecular formula is C17H22F2N6O4. The minimum atomic E-state index is -2.63. The first-order chi connectivity index (χ1) is 13.8. The van der Waals surface area contributed by atoms with E-state index in [1.807, 2.05) is 13.8 Å². The van der Waals surface area contributed by atoms with Crippen molar-refractivity contribution in [3.05, 3.63) is 29.7 Å². The van der Waals surface area contributed by atoms with Crippen molar-refractivity contribution in [3.8, 4) is 0 Å². The lowest BCUT2D eigenvalue weighted by atomic mass is 10.1. The predicted molar refractivity (Wildman–Crippen MR) is 96.6 cm³/mol. The Kier molecular flexibility index (Phi) is 6.42. The van der Waals surface area contributed by atoms with E-state index in [0.29, 0.717) is 12.1 Å². The second-order valence-electron chi connectivity index (χ2n) is 6.84. The lowest BCUT2D eigenvalue weighted by Gasteiger charge is -2.13. The average Bonchev–Trinajstić information content (AvgIpc) is 3.34. The summed E-state index contributed by atoms with van der Waals surface area (Å²) < 4.78 is 37.0. The molecule has 10 nitrogen and oxygen atoms in total. The summed E-state index contributed by atoms with van der Waals surface area (Å²) in [6.07, 6.45) is -2.21. The van der Waals surface area contributed by atoms with Crippen molar-refractivity contribution in [2.24, 2.45) is 0 Å². The number of nitrogens with zero attached hydrogens (tertiary/aromatic N) is 3. The molecule has 3 heterocycles. The van der Waals surface area contributed by atoms with Crippen molar-refractivity contribution in [2.45, 2.75) is 51.5 Å². The van der Waals surface area contributed by atoms with Crippen LogP contribution < -0.4 is 10.6 Å². The van der Waals surface area contributed by atoms with Gasteiger partial charge < -0.3 is 20.1 Å². The maximum Gasteiger partial charge on any atom is 0.407 e. The van der Waals surface area contributed by atoms with Crippen molar-refractivity contribution in [2.75, 3.05) is 11.9 Å². The van der Waals surface area contributed by atoms with Crippen LogP contribution in [0.25, 0.3) is 0 Å². The van der Waals surface area contributed by atoms with Gasteiger partial charge in [-0.3, -0.25) is 14.6 Å². The van der Waals surface area contributed by atoms with Crippen molar-refractivity contribution in [1.82, 2.24) is 25.3 Å². The highest BCUT2D eigenvalue weighted by atomic mass is 19.3. The van der Waals surface area contributed by atoms with E-state index in [-0.39, 0.29) is 30.3 Å². The molecule has 2 aromatic rings. The molecule has 1 aliphatic heterocycles. The van der Waals surface area contributed by atoms with Gasteiger partial charge in [0, 0.05) is 24.7 Å². The zero-order valence-electron chi connectivity index (χ0n) is 15.9. The van der Waals surface area contributed by atoms with E-state index in [9.17, 15) is 18.4 Å². The third kappa shape index (κ3) is 5.50. The van der Waals surface area contributed by atoms with E-state index >= 15 is 0 Å². The van der Waals surface area contributed by atoms with Gasteiger partial charge in [-0.05, 0) is 19.9 Å². The summed E-state index contributed by atoms with van der Waals surface area (Å²) in [5, 5.41) is 15.6. The van der Waals surface area contributed by atoms with E-state index in [0.717, 1.165) is 4.68 Å². The van der Waals surface area contributed by atoms with Crippen molar-refractivity contribution < 1.29 is 27.8 Å². The molecule has 2 aromatic heterocycles. The number of hydrogen-bond acceptors (Lipinski definition) is 6. The lowest BCUT2D eigenvalue weighted by Crippen LogP contribution is -2.33. The number of alkyl halides is 2. The van der Waals surface area contributed by atoms with Gasteiger partial charge in [0.05, 0.1) is 12.3 Å². The smallest absolute Gasteiger partial charge is 0.407 e. The number of H-pyrrole nitrogens is 1. The van der Waals surface area contributed by atoms with Crippen molar-refractivity contribution in [3.63, 3.8) is 0 Å². The number of hydrogen-bond donors (Lipinski definition) is 3. The van der Waals surface area contributed by atoms with Crippen LogP contribution in [0.3, 0.4) is 0 Å². The van der Waals surface area contributed by atoms with Crippen LogP contribution in [-0.2, 0) is 16.0 Å². The van der Waals surface area contributed by atoms with E-state index in [2.05, 4.69) is 25.9 Å². The number of halogens is 2. The number of aromatic amines is 1. The quantitative estimate of drug-likeness (QED) is 0.640. The highest BCUT2D eigenvalue weighted by Crippen LogP contribution is 2.30. The fourth-order valence-corrected chi connectivity index (χ4v) is 2.87. The third-order valence-electron chi connectivity index (χ3n) is 4.09. The van der Waals surface area contributed by atoms with Crippen molar-refractivity contribution >= 4 is 17.8 Å². The zero-order chi connectivity index (χ0) is 21.0. The molecule has 1 saturated heterocycles. The molecule has 158 valence electrons. The first kappa shape index (κ1) is 20.7. The Morgan fingerprint density at radius 2 is 2.24 bits per heavy atom. The highest BCUT2D eigenvalue weighted by molar-refractivity contribution is 6.02. The number of amides is 2. The summed E-state index contributed by atoms with van der Waals surface area (Å²) in [5.41, 5.74) is 0.591. The van der Waals surface area contributed by atoms with Gasteiger partial charge in [-0.2, -0.15) is 10.2 Å². The van der Waals surface area contributed by atoms with Crippen LogP contribution in [0.1, 0.15) is 42.6 Å². The monoisotopic (exact) mass is 412 g/mol. The summed E-state index contributed by atoms with van der Waals surface area (Å²) >= 11 is 0. The number of rotatable bonds is 7. The molecule has 0 bridgehead atoms. The average molecular weight is 412 g/mol. The Labute approximate surface area is 164 Å². The number of carbonyl (C=O) groups is 2. The number of ether oxygens (including phenoxy) is 2. The molecule has 3 rings (SSSR count). The number of carbonyl (C=O) groups excluding carboxylic acids is 2. The van der Waals surface area contributed by atoms with Crippen LogP contribution >= 0.6 is 0 Å². The van der Waals surface area contributed by atoms with Gasteiger partial charge in [-0.1, -0.05) is 0 Å². The predicted octanol–water partition coefficient (Wildman–Crippen LogP) is 2.09. The second kappa shape index (κ2) is 8.99. The topological polar surface area (TPSA) is 123 Å². The molecule has 2 amide bonds. The van der Waals surface area contributed by atoms with E-state index in [1.54, 1.807) is 6.07 Å². The molecule has 0 aromatic carbocycles. The Hall–Kier alpha value is -3.02. The Balaban J connectivity index is 1.55. The molecular weight excluding hydrogens is 390 g/mol. The summed E-state index contributed by atoms with van der Waals surface area (Å²) in [5.74, 6) is -0.402. The van der Waals surface area contributed by atoms with E-state index < -0.39 is 31.1 Å². The van der Waals surface area contributed by atoms with E-state index in [4.69, 9.17) is 9.47 Å². The number of alkyl carbamates (subject to hydrolysis) is 1. The van der Waals surface area contributed by atoms with Gasteiger partial charge in [-0.25, -0.2) is 13.6 Å². The Bertz CT molecular complexity index is 853. The van der Waals surface area contributed by atoms with Crippen molar-refractivity contribution in [1.29, 1.82) is 0 Å². The first-order valence-corrected chi connectivity index (χ1v) is 9.07. The maximum atomic E-state index is 12.6. The molecule has 0 aliphatic carbocycles. The van der Waals surface area contributed by atoms with Gasteiger partial charge in [0.15, 0.2) is 5.82 Å². The van der Waals surface area contributed by atoms with Crippen LogP contribution in [-0.4, -0.2) is 57.2 Å². The fourth-order valence-electron chi connectivity index (χ4n) is 2.87. The lowest BCUT2D eigenvalue weighted by molar-refractivity contribution is 0.0682. The highest BCUT2D eigenvalue weighted by Gasteiger charge is 2.31. The molecule has 12 heteroatoms. The Morgan fingerprint density at radius 1 is 1.45 bits per heavy atom. The van der Waals surface area contributed by atoms with Crippen LogP contribution in [0.15, 0.2) is 18.3 Å². The Morgan fingerprint density at radius 3 is 2.97 bits per heavy atom. The summed E-state index contributed by atoms with van der Waals surface area (Å²) in [4.78, 5) is 24.0. The van der Waals surface area contributed by atoms with Gasteiger partial charge in [-0.15, -0.1) is 0 Å². The molecule has 29 heavy (non-hydrogen) atoms. The normalized spacial score (nSPS) is 19.0.